The number of hydrogen-bond acceptors (Lipinski definition) is 5. The molecule has 2 rings (SSSR count). The number of rotatable bonds is 7. The van der Waals surface area contributed by atoms with E-state index in [1.54, 1.807) is 7.11 Å². The molecule has 1 heterocycles. The number of aromatic nitrogens is 2. The highest BCUT2D eigenvalue weighted by atomic mass is 127. The second kappa shape index (κ2) is 8.23. The number of nitrogens with one attached hydrogen (secondary N) is 1. The van der Waals surface area contributed by atoms with Gasteiger partial charge in [-0.2, -0.15) is 4.98 Å². The number of methoxy groups -OCH3 is 1. The maximum atomic E-state index is 11.8. The molecule has 0 aliphatic heterocycles. The van der Waals surface area contributed by atoms with E-state index >= 15 is 0 Å². The van der Waals surface area contributed by atoms with Crippen LogP contribution in [-0.4, -0.2) is 35.8 Å². The van der Waals surface area contributed by atoms with Crippen molar-refractivity contribution < 1.29 is 14.1 Å². The molecule has 0 saturated carbocycles. The number of carbonyl (C=O) groups is 1. The molecule has 1 aromatic carbocycles. The highest BCUT2D eigenvalue weighted by Crippen LogP contribution is 2.17. The predicted molar refractivity (Wildman–Crippen MR) is 90.3 cm³/mol. The minimum atomic E-state index is -0.0569. The van der Waals surface area contributed by atoms with Crippen molar-refractivity contribution in [3.63, 3.8) is 0 Å². The zero-order valence-electron chi connectivity index (χ0n) is 12.5. The van der Waals surface area contributed by atoms with E-state index in [1.165, 1.54) is 0 Å². The molecule has 6 nitrogen and oxygen atoms in total. The summed E-state index contributed by atoms with van der Waals surface area (Å²) in [5, 5.41) is 6.79. The Balaban J connectivity index is 1.87. The van der Waals surface area contributed by atoms with Crippen LogP contribution in [0.2, 0.25) is 0 Å². The van der Waals surface area contributed by atoms with Crippen LogP contribution in [0.4, 0.5) is 0 Å². The van der Waals surface area contributed by atoms with Gasteiger partial charge in [0.25, 0.3) is 0 Å². The highest BCUT2D eigenvalue weighted by Gasteiger charge is 2.12. The van der Waals surface area contributed by atoms with Gasteiger partial charge in [-0.3, -0.25) is 4.79 Å². The van der Waals surface area contributed by atoms with Gasteiger partial charge < -0.3 is 14.6 Å². The van der Waals surface area contributed by atoms with E-state index in [4.69, 9.17) is 9.26 Å². The van der Waals surface area contributed by atoms with Gasteiger partial charge >= 0.3 is 0 Å². The molecule has 7 heteroatoms. The molecule has 1 aromatic heterocycles. The van der Waals surface area contributed by atoms with Crippen LogP contribution in [0.5, 0.6) is 0 Å². The summed E-state index contributed by atoms with van der Waals surface area (Å²) in [6.07, 6.45) is 0.727. The molecular weight excluding hydrogens is 397 g/mol. The number of ether oxygens (including phenoxy) is 1. The first kappa shape index (κ1) is 16.9. The lowest BCUT2D eigenvalue weighted by atomic mass is 10.2. The van der Waals surface area contributed by atoms with Crippen LogP contribution in [0, 0.1) is 3.57 Å². The summed E-state index contributed by atoms with van der Waals surface area (Å²) in [6, 6.07) is 7.83. The number of carbonyl (C=O) groups excluding carboxylic acids is 1. The van der Waals surface area contributed by atoms with E-state index < -0.39 is 0 Å². The first-order valence-corrected chi connectivity index (χ1v) is 8.03. The fourth-order valence-corrected chi connectivity index (χ4v) is 2.29. The number of halogens is 1. The van der Waals surface area contributed by atoms with Crippen molar-refractivity contribution in [2.24, 2.45) is 0 Å². The average Bonchev–Trinajstić information content (AvgIpc) is 2.95. The minimum Gasteiger partial charge on any atom is -0.383 e. The van der Waals surface area contributed by atoms with E-state index in [0.717, 1.165) is 9.13 Å². The maximum absolute atomic E-state index is 11.8. The monoisotopic (exact) mass is 415 g/mol. The first-order chi connectivity index (χ1) is 10.6. The van der Waals surface area contributed by atoms with Gasteiger partial charge in [-0.05, 0) is 41.6 Å². The SMILES string of the molecule is COC[C@H](C)NC(=O)CCc1nc(-c2ccc(I)cc2)no1. The zero-order chi connectivity index (χ0) is 15.9. The first-order valence-electron chi connectivity index (χ1n) is 6.95. The van der Waals surface area contributed by atoms with E-state index in [9.17, 15) is 4.79 Å². The molecule has 1 atom stereocenters. The van der Waals surface area contributed by atoms with Gasteiger partial charge in [-0.1, -0.05) is 17.3 Å². The van der Waals surface area contributed by atoms with Gasteiger partial charge in [0.2, 0.25) is 17.6 Å². The van der Waals surface area contributed by atoms with Gasteiger partial charge in [0.15, 0.2) is 0 Å². The van der Waals surface area contributed by atoms with Crippen LogP contribution in [0.1, 0.15) is 19.2 Å². The molecule has 0 unspecified atom stereocenters. The summed E-state index contributed by atoms with van der Waals surface area (Å²) in [5.41, 5.74) is 0.897. The van der Waals surface area contributed by atoms with Crippen molar-refractivity contribution in [2.75, 3.05) is 13.7 Å². The number of hydrogen-bond donors (Lipinski definition) is 1. The number of aryl methyl sites for hydroxylation is 1. The Morgan fingerprint density at radius 3 is 2.82 bits per heavy atom. The zero-order valence-corrected chi connectivity index (χ0v) is 14.7. The topological polar surface area (TPSA) is 77.2 Å². The van der Waals surface area contributed by atoms with Crippen LogP contribution in [0.15, 0.2) is 28.8 Å². The third-order valence-electron chi connectivity index (χ3n) is 2.96. The number of amides is 1. The molecular formula is C15H18IN3O3. The Labute approximate surface area is 142 Å². The molecule has 0 aliphatic carbocycles. The number of benzene rings is 1. The van der Waals surface area contributed by atoms with Crippen molar-refractivity contribution in [2.45, 2.75) is 25.8 Å². The second-order valence-corrected chi connectivity index (χ2v) is 6.19. The third kappa shape index (κ3) is 5.06. The molecule has 0 bridgehead atoms. The molecule has 0 spiro atoms. The fraction of sp³-hybridized carbons (Fsp3) is 0.400. The lowest BCUT2D eigenvalue weighted by Crippen LogP contribution is -2.35. The summed E-state index contributed by atoms with van der Waals surface area (Å²) in [4.78, 5) is 16.1. The van der Waals surface area contributed by atoms with E-state index in [-0.39, 0.29) is 11.9 Å². The summed E-state index contributed by atoms with van der Waals surface area (Å²) < 4.78 is 11.3. The van der Waals surface area contributed by atoms with Gasteiger partial charge in [0, 0.05) is 35.1 Å². The lowest BCUT2D eigenvalue weighted by Gasteiger charge is -2.11. The van der Waals surface area contributed by atoms with E-state index in [0.29, 0.717) is 31.2 Å². The Morgan fingerprint density at radius 2 is 2.14 bits per heavy atom. The third-order valence-corrected chi connectivity index (χ3v) is 3.68. The molecule has 0 aliphatic rings. The van der Waals surface area contributed by atoms with Crippen molar-refractivity contribution in [1.29, 1.82) is 0 Å². The Kier molecular flexibility index (Phi) is 6.32. The molecule has 118 valence electrons. The molecule has 0 saturated heterocycles. The van der Waals surface area contributed by atoms with Crippen molar-refractivity contribution in [3.05, 3.63) is 33.7 Å². The predicted octanol–water partition coefficient (Wildman–Crippen LogP) is 2.42. The normalized spacial score (nSPS) is 12.1. The van der Waals surface area contributed by atoms with Gasteiger partial charge in [0.1, 0.15) is 0 Å². The summed E-state index contributed by atoms with van der Waals surface area (Å²) in [5.74, 6) is 0.946. The quantitative estimate of drug-likeness (QED) is 0.703. The minimum absolute atomic E-state index is 0.0115. The van der Waals surface area contributed by atoms with Crippen LogP contribution in [-0.2, 0) is 16.0 Å². The van der Waals surface area contributed by atoms with Crippen LogP contribution in [0.3, 0.4) is 0 Å². The number of nitrogens with zero attached hydrogens (tertiary/aromatic N) is 2. The standard InChI is InChI=1S/C15H18IN3O3/c1-10(9-21-2)17-13(20)7-8-14-18-15(19-22-14)11-3-5-12(16)6-4-11/h3-6,10H,7-9H2,1-2H3,(H,17,20)/t10-/m0/s1. The van der Waals surface area contributed by atoms with E-state index in [1.807, 2.05) is 31.2 Å². The summed E-state index contributed by atoms with van der Waals surface area (Å²) in [7, 11) is 1.60. The Bertz CT molecular complexity index is 613. The van der Waals surface area contributed by atoms with Crippen LogP contribution < -0.4 is 5.32 Å². The maximum Gasteiger partial charge on any atom is 0.227 e. The Hall–Kier alpha value is -1.48. The molecule has 2 aromatic rings. The molecule has 0 fully saturated rings. The van der Waals surface area contributed by atoms with Crippen molar-refractivity contribution in [3.8, 4) is 11.4 Å². The highest BCUT2D eigenvalue weighted by molar-refractivity contribution is 14.1. The van der Waals surface area contributed by atoms with Crippen molar-refractivity contribution in [1.82, 2.24) is 15.5 Å². The fourth-order valence-electron chi connectivity index (χ4n) is 1.93. The van der Waals surface area contributed by atoms with Crippen molar-refractivity contribution >= 4 is 28.5 Å². The smallest absolute Gasteiger partial charge is 0.227 e. The summed E-state index contributed by atoms with van der Waals surface area (Å²) in [6.45, 7) is 2.38. The van der Waals surface area contributed by atoms with E-state index in [2.05, 4.69) is 38.0 Å². The van der Waals surface area contributed by atoms with Gasteiger partial charge in [-0.15, -0.1) is 0 Å². The van der Waals surface area contributed by atoms with Crippen LogP contribution in [0.25, 0.3) is 11.4 Å². The molecule has 0 radical (unpaired) electrons. The van der Waals surface area contributed by atoms with Gasteiger partial charge in [-0.25, -0.2) is 0 Å². The second-order valence-electron chi connectivity index (χ2n) is 4.94. The summed E-state index contributed by atoms with van der Waals surface area (Å²) >= 11 is 2.24. The Morgan fingerprint density at radius 1 is 1.41 bits per heavy atom. The average molecular weight is 415 g/mol. The molecule has 1 amide bonds. The van der Waals surface area contributed by atoms with Gasteiger partial charge in [0.05, 0.1) is 6.61 Å². The molecule has 22 heavy (non-hydrogen) atoms. The van der Waals surface area contributed by atoms with Crippen LogP contribution >= 0.6 is 22.6 Å². The lowest BCUT2D eigenvalue weighted by molar-refractivity contribution is -0.122. The largest absolute Gasteiger partial charge is 0.383 e. The molecule has 1 N–H and O–H groups in total.